The molecule has 0 saturated carbocycles. The highest BCUT2D eigenvalue weighted by molar-refractivity contribution is 5.86. The molecule has 1 amide bonds. The summed E-state index contributed by atoms with van der Waals surface area (Å²) in [4.78, 5) is 13.2. The molecule has 1 rings (SSSR count). The van der Waals surface area contributed by atoms with E-state index in [1.807, 2.05) is 11.9 Å². The highest BCUT2D eigenvalue weighted by Crippen LogP contribution is 2.10. The lowest BCUT2D eigenvalue weighted by Crippen LogP contribution is -2.31. The first-order valence-electron chi connectivity index (χ1n) is 4.86. The van der Waals surface area contributed by atoms with E-state index in [0.717, 1.165) is 32.4 Å². The molecule has 0 aromatic carbocycles. The Morgan fingerprint density at radius 1 is 1.54 bits per heavy atom. The van der Waals surface area contributed by atoms with E-state index in [-0.39, 0.29) is 5.91 Å². The van der Waals surface area contributed by atoms with Gasteiger partial charge in [0.05, 0.1) is 0 Å². The SMILES string of the molecule is C=CC(=O)N1CCCC(NC)CC1. The fourth-order valence-electron chi connectivity index (χ4n) is 1.73. The molecule has 1 aliphatic rings. The predicted octanol–water partition coefficient (Wildman–Crippen LogP) is 0.773. The van der Waals surface area contributed by atoms with Crippen molar-refractivity contribution in [3.05, 3.63) is 12.7 Å². The van der Waals surface area contributed by atoms with Crippen LogP contribution in [0.15, 0.2) is 12.7 Å². The molecule has 13 heavy (non-hydrogen) atoms. The highest BCUT2D eigenvalue weighted by Gasteiger charge is 2.17. The number of rotatable bonds is 2. The minimum absolute atomic E-state index is 0.0664. The number of nitrogens with zero attached hydrogens (tertiary/aromatic N) is 1. The van der Waals surface area contributed by atoms with Crippen LogP contribution >= 0.6 is 0 Å². The summed E-state index contributed by atoms with van der Waals surface area (Å²) in [6, 6.07) is 0.572. The standard InChI is InChI=1S/C10H18N2O/c1-3-10(13)12-7-4-5-9(11-2)6-8-12/h3,9,11H,1,4-8H2,2H3. The van der Waals surface area contributed by atoms with Crippen molar-refractivity contribution in [3.8, 4) is 0 Å². The van der Waals surface area contributed by atoms with E-state index in [0.29, 0.717) is 6.04 Å². The van der Waals surface area contributed by atoms with Crippen molar-refractivity contribution in [2.45, 2.75) is 25.3 Å². The van der Waals surface area contributed by atoms with Crippen LogP contribution in [-0.4, -0.2) is 37.0 Å². The van der Waals surface area contributed by atoms with Gasteiger partial charge in [-0.1, -0.05) is 6.58 Å². The number of carbonyl (C=O) groups is 1. The molecule has 0 aromatic heterocycles. The first-order chi connectivity index (χ1) is 6.27. The lowest BCUT2D eigenvalue weighted by atomic mass is 10.1. The smallest absolute Gasteiger partial charge is 0.245 e. The lowest BCUT2D eigenvalue weighted by Gasteiger charge is -2.18. The molecule has 0 spiro atoms. The van der Waals surface area contributed by atoms with Gasteiger partial charge in [-0.05, 0) is 32.4 Å². The maximum atomic E-state index is 11.3. The minimum Gasteiger partial charge on any atom is -0.339 e. The Hall–Kier alpha value is -0.830. The van der Waals surface area contributed by atoms with Gasteiger partial charge in [0, 0.05) is 19.1 Å². The van der Waals surface area contributed by atoms with E-state index in [1.165, 1.54) is 6.08 Å². The van der Waals surface area contributed by atoms with Gasteiger partial charge in [-0.25, -0.2) is 0 Å². The van der Waals surface area contributed by atoms with E-state index in [9.17, 15) is 4.79 Å². The van der Waals surface area contributed by atoms with Crippen LogP contribution in [0.3, 0.4) is 0 Å². The second kappa shape index (κ2) is 5.02. The zero-order chi connectivity index (χ0) is 9.68. The van der Waals surface area contributed by atoms with Crippen LogP contribution in [0.2, 0.25) is 0 Å². The number of carbonyl (C=O) groups excluding carboxylic acids is 1. The molecule has 1 aliphatic heterocycles. The summed E-state index contributed by atoms with van der Waals surface area (Å²) < 4.78 is 0. The molecular weight excluding hydrogens is 164 g/mol. The van der Waals surface area contributed by atoms with Gasteiger partial charge >= 0.3 is 0 Å². The van der Waals surface area contributed by atoms with Gasteiger partial charge in [0.1, 0.15) is 0 Å². The topological polar surface area (TPSA) is 32.3 Å². The van der Waals surface area contributed by atoms with Crippen LogP contribution in [-0.2, 0) is 4.79 Å². The summed E-state index contributed by atoms with van der Waals surface area (Å²) in [5, 5.41) is 3.26. The van der Waals surface area contributed by atoms with Crippen molar-refractivity contribution in [1.82, 2.24) is 10.2 Å². The second-order valence-electron chi connectivity index (χ2n) is 3.45. The number of likely N-dealkylation sites (tertiary alicyclic amines) is 1. The Kier molecular flexibility index (Phi) is 3.96. The van der Waals surface area contributed by atoms with E-state index in [2.05, 4.69) is 11.9 Å². The number of hydrogen-bond donors (Lipinski definition) is 1. The third kappa shape index (κ3) is 2.84. The molecule has 74 valence electrons. The summed E-state index contributed by atoms with van der Waals surface area (Å²) in [5.41, 5.74) is 0. The molecule has 1 saturated heterocycles. The Bertz CT molecular complexity index is 191. The van der Waals surface area contributed by atoms with Gasteiger partial charge in [0.2, 0.25) is 5.91 Å². The molecule has 1 N–H and O–H groups in total. The minimum atomic E-state index is 0.0664. The summed E-state index contributed by atoms with van der Waals surface area (Å²) in [7, 11) is 1.98. The molecule has 0 bridgehead atoms. The number of hydrogen-bond acceptors (Lipinski definition) is 2. The Labute approximate surface area is 79.8 Å². The Morgan fingerprint density at radius 2 is 2.31 bits per heavy atom. The number of nitrogens with one attached hydrogen (secondary N) is 1. The van der Waals surface area contributed by atoms with E-state index in [4.69, 9.17) is 0 Å². The number of amides is 1. The van der Waals surface area contributed by atoms with Gasteiger partial charge in [-0.3, -0.25) is 4.79 Å². The van der Waals surface area contributed by atoms with Crippen molar-refractivity contribution in [3.63, 3.8) is 0 Å². The molecule has 1 fully saturated rings. The van der Waals surface area contributed by atoms with Crippen LogP contribution < -0.4 is 5.32 Å². The van der Waals surface area contributed by atoms with Crippen molar-refractivity contribution in [1.29, 1.82) is 0 Å². The van der Waals surface area contributed by atoms with Gasteiger partial charge in [-0.2, -0.15) is 0 Å². The molecule has 1 unspecified atom stereocenters. The quantitative estimate of drug-likeness (QED) is 0.640. The maximum absolute atomic E-state index is 11.3. The summed E-state index contributed by atoms with van der Waals surface area (Å²) in [6.45, 7) is 5.23. The van der Waals surface area contributed by atoms with Crippen LogP contribution in [0.4, 0.5) is 0 Å². The predicted molar refractivity (Wildman–Crippen MR) is 53.5 cm³/mol. The molecule has 1 heterocycles. The Morgan fingerprint density at radius 3 is 2.92 bits per heavy atom. The van der Waals surface area contributed by atoms with Crippen molar-refractivity contribution < 1.29 is 4.79 Å². The van der Waals surface area contributed by atoms with E-state index in [1.54, 1.807) is 0 Å². The van der Waals surface area contributed by atoms with Crippen LogP contribution in [0.5, 0.6) is 0 Å². The van der Waals surface area contributed by atoms with Crippen molar-refractivity contribution >= 4 is 5.91 Å². The van der Waals surface area contributed by atoms with Crippen LogP contribution in [0.1, 0.15) is 19.3 Å². The average molecular weight is 182 g/mol. The van der Waals surface area contributed by atoms with Gasteiger partial charge in [0.15, 0.2) is 0 Å². The first-order valence-corrected chi connectivity index (χ1v) is 4.86. The monoisotopic (exact) mass is 182 g/mol. The summed E-state index contributed by atoms with van der Waals surface area (Å²) >= 11 is 0. The van der Waals surface area contributed by atoms with Crippen molar-refractivity contribution in [2.75, 3.05) is 20.1 Å². The molecular formula is C10H18N2O. The molecule has 0 radical (unpaired) electrons. The third-order valence-corrected chi connectivity index (χ3v) is 2.62. The Balaban J connectivity index is 2.44. The van der Waals surface area contributed by atoms with Gasteiger partial charge < -0.3 is 10.2 Å². The zero-order valence-corrected chi connectivity index (χ0v) is 8.25. The molecule has 0 aromatic rings. The first kappa shape index (κ1) is 10.3. The largest absolute Gasteiger partial charge is 0.339 e. The van der Waals surface area contributed by atoms with E-state index < -0.39 is 0 Å². The zero-order valence-electron chi connectivity index (χ0n) is 8.25. The molecule has 1 atom stereocenters. The third-order valence-electron chi connectivity index (χ3n) is 2.62. The highest BCUT2D eigenvalue weighted by atomic mass is 16.2. The van der Waals surface area contributed by atoms with Crippen LogP contribution in [0.25, 0.3) is 0 Å². The second-order valence-corrected chi connectivity index (χ2v) is 3.45. The lowest BCUT2D eigenvalue weighted by molar-refractivity contribution is -0.125. The summed E-state index contributed by atoms with van der Waals surface area (Å²) in [6.07, 6.45) is 4.71. The summed E-state index contributed by atoms with van der Waals surface area (Å²) in [5.74, 6) is 0.0664. The fraction of sp³-hybridized carbons (Fsp3) is 0.700. The maximum Gasteiger partial charge on any atom is 0.245 e. The van der Waals surface area contributed by atoms with E-state index >= 15 is 0 Å². The van der Waals surface area contributed by atoms with Gasteiger partial charge in [-0.15, -0.1) is 0 Å². The fourth-order valence-corrected chi connectivity index (χ4v) is 1.73. The van der Waals surface area contributed by atoms with Crippen LogP contribution in [0, 0.1) is 0 Å². The average Bonchev–Trinajstić information content (AvgIpc) is 2.41. The van der Waals surface area contributed by atoms with Crippen molar-refractivity contribution in [2.24, 2.45) is 0 Å². The molecule has 3 heteroatoms. The normalized spacial score (nSPS) is 23.8. The molecule has 3 nitrogen and oxygen atoms in total. The molecule has 0 aliphatic carbocycles. The van der Waals surface area contributed by atoms with Gasteiger partial charge in [0.25, 0.3) is 0 Å².